The topological polar surface area (TPSA) is 92.8 Å². The summed E-state index contributed by atoms with van der Waals surface area (Å²) >= 11 is 5.96. The Kier molecular flexibility index (Phi) is 6.74. The Morgan fingerprint density at radius 3 is 2.61 bits per heavy atom. The van der Waals surface area contributed by atoms with Gasteiger partial charge in [-0.05, 0) is 18.2 Å². The number of hydrogen-bond acceptors (Lipinski definition) is 5. The van der Waals surface area contributed by atoms with Gasteiger partial charge in [0.2, 0.25) is 15.9 Å². The fraction of sp³-hybridized carbons (Fsp3) is 0.286. The standard InChI is InChI=1S/C14H17ClN2O5S/c1-4-7-17(23(3,20)21)9-13(18)16-12-8-10(14(19)22-2)5-6-11(12)15/h4-6,8H,1,7,9H2,2-3H3,(H,16,18). The van der Waals surface area contributed by atoms with E-state index >= 15 is 0 Å². The molecule has 0 spiro atoms. The number of nitrogens with zero attached hydrogens (tertiary/aromatic N) is 1. The highest BCUT2D eigenvalue weighted by Crippen LogP contribution is 2.23. The summed E-state index contributed by atoms with van der Waals surface area (Å²) in [5.41, 5.74) is 0.393. The number of ether oxygens (including phenoxy) is 1. The molecule has 0 aliphatic heterocycles. The van der Waals surface area contributed by atoms with Crippen molar-refractivity contribution in [2.45, 2.75) is 0 Å². The monoisotopic (exact) mass is 360 g/mol. The second kappa shape index (κ2) is 8.09. The molecule has 0 aromatic heterocycles. The third-order valence-corrected chi connectivity index (χ3v) is 4.33. The molecule has 1 rings (SSSR count). The molecule has 0 aliphatic carbocycles. The number of nitrogens with one attached hydrogen (secondary N) is 1. The zero-order valence-electron chi connectivity index (χ0n) is 12.7. The summed E-state index contributed by atoms with van der Waals surface area (Å²) < 4.78 is 28.7. The van der Waals surface area contributed by atoms with E-state index in [4.69, 9.17) is 11.6 Å². The van der Waals surface area contributed by atoms with Crippen LogP contribution in [0.2, 0.25) is 5.02 Å². The van der Waals surface area contributed by atoms with Gasteiger partial charge in [-0.3, -0.25) is 4.79 Å². The SMILES string of the molecule is C=CCN(CC(=O)Nc1cc(C(=O)OC)ccc1Cl)S(C)(=O)=O. The predicted molar refractivity (Wildman–Crippen MR) is 88.0 cm³/mol. The number of carbonyl (C=O) groups is 2. The van der Waals surface area contributed by atoms with Gasteiger partial charge in [0.15, 0.2) is 0 Å². The van der Waals surface area contributed by atoms with Crippen LogP contribution in [0.25, 0.3) is 0 Å². The van der Waals surface area contributed by atoms with E-state index in [-0.39, 0.29) is 22.8 Å². The fourth-order valence-corrected chi connectivity index (χ4v) is 2.57. The Labute approximate surface area is 139 Å². The number of halogens is 1. The third kappa shape index (κ3) is 5.66. The molecule has 0 heterocycles. The molecule has 0 atom stereocenters. The first-order valence-corrected chi connectivity index (χ1v) is 8.65. The number of esters is 1. The summed E-state index contributed by atoms with van der Waals surface area (Å²) in [7, 11) is -2.33. The van der Waals surface area contributed by atoms with Gasteiger partial charge in [-0.15, -0.1) is 6.58 Å². The Balaban J connectivity index is 2.92. The summed E-state index contributed by atoms with van der Waals surface area (Å²) in [6, 6.07) is 4.23. The lowest BCUT2D eigenvalue weighted by atomic mass is 10.2. The smallest absolute Gasteiger partial charge is 0.337 e. The molecule has 0 unspecified atom stereocenters. The Bertz CT molecular complexity index is 718. The van der Waals surface area contributed by atoms with E-state index in [0.717, 1.165) is 10.6 Å². The van der Waals surface area contributed by atoms with E-state index < -0.39 is 28.4 Å². The van der Waals surface area contributed by atoms with Gasteiger partial charge in [0.25, 0.3) is 0 Å². The average molecular weight is 361 g/mol. The van der Waals surface area contributed by atoms with Crippen molar-refractivity contribution >= 4 is 39.2 Å². The van der Waals surface area contributed by atoms with E-state index in [0.29, 0.717) is 0 Å². The van der Waals surface area contributed by atoms with Crippen molar-refractivity contribution < 1.29 is 22.7 Å². The van der Waals surface area contributed by atoms with Crippen molar-refractivity contribution in [2.24, 2.45) is 0 Å². The highest BCUT2D eigenvalue weighted by molar-refractivity contribution is 7.88. The lowest BCUT2D eigenvalue weighted by Gasteiger charge is -2.18. The molecule has 0 aliphatic rings. The molecular formula is C14H17ClN2O5S. The second-order valence-electron chi connectivity index (χ2n) is 4.58. The average Bonchev–Trinajstić information content (AvgIpc) is 2.47. The summed E-state index contributed by atoms with van der Waals surface area (Å²) in [5.74, 6) is -1.18. The van der Waals surface area contributed by atoms with Crippen LogP contribution in [-0.2, 0) is 19.6 Å². The van der Waals surface area contributed by atoms with Crippen LogP contribution in [0.1, 0.15) is 10.4 Å². The maximum absolute atomic E-state index is 12.0. The number of hydrogen-bond donors (Lipinski definition) is 1. The van der Waals surface area contributed by atoms with Crippen LogP contribution < -0.4 is 5.32 Å². The number of carbonyl (C=O) groups excluding carboxylic acids is 2. The minimum Gasteiger partial charge on any atom is -0.465 e. The minimum atomic E-state index is -3.56. The van der Waals surface area contributed by atoms with Gasteiger partial charge < -0.3 is 10.1 Å². The first-order valence-electron chi connectivity index (χ1n) is 6.42. The van der Waals surface area contributed by atoms with Gasteiger partial charge in [-0.1, -0.05) is 17.7 Å². The summed E-state index contributed by atoms with van der Waals surface area (Å²) in [6.07, 6.45) is 2.37. The zero-order valence-corrected chi connectivity index (χ0v) is 14.3. The van der Waals surface area contributed by atoms with Gasteiger partial charge in [-0.25, -0.2) is 13.2 Å². The lowest BCUT2D eigenvalue weighted by Crippen LogP contribution is -2.37. The van der Waals surface area contributed by atoms with Crippen molar-refractivity contribution in [3.05, 3.63) is 41.4 Å². The largest absolute Gasteiger partial charge is 0.465 e. The molecule has 7 nitrogen and oxygen atoms in total. The number of sulfonamides is 1. The van der Waals surface area contributed by atoms with Gasteiger partial charge >= 0.3 is 5.97 Å². The number of rotatable bonds is 7. The van der Waals surface area contributed by atoms with Crippen LogP contribution in [0.3, 0.4) is 0 Å². The van der Waals surface area contributed by atoms with Gasteiger partial charge in [-0.2, -0.15) is 4.31 Å². The van der Waals surface area contributed by atoms with E-state index in [1.54, 1.807) is 0 Å². The molecule has 1 aromatic rings. The Morgan fingerprint density at radius 2 is 2.09 bits per heavy atom. The summed E-state index contributed by atoms with van der Waals surface area (Å²) in [6.45, 7) is 3.05. The zero-order chi connectivity index (χ0) is 17.6. The maximum Gasteiger partial charge on any atom is 0.337 e. The van der Waals surface area contributed by atoms with Crippen LogP contribution in [0.4, 0.5) is 5.69 Å². The predicted octanol–water partition coefficient (Wildman–Crippen LogP) is 1.51. The van der Waals surface area contributed by atoms with Gasteiger partial charge in [0, 0.05) is 6.54 Å². The first kappa shape index (κ1) is 19.1. The number of amides is 1. The molecule has 1 aromatic carbocycles. The molecule has 0 saturated carbocycles. The molecule has 1 N–H and O–H groups in total. The van der Waals surface area contributed by atoms with Crippen LogP contribution in [0.5, 0.6) is 0 Å². The van der Waals surface area contributed by atoms with Gasteiger partial charge in [0.05, 0.1) is 36.2 Å². The second-order valence-corrected chi connectivity index (χ2v) is 6.97. The van der Waals surface area contributed by atoms with E-state index in [9.17, 15) is 18.0 Å². The number of benzene rings is 1. The van der Waals surface area contributed by atoms with Crippen molar-refractivity contribution in [3.8, 4) is 0 Å². The minimum absolute atomic E-state index is 0.00217. The maximum atomic E-state index is 12.0. The summed E-state index contributed by atoms with van der Waals surface area (Å²) in [4.78, 5) is 23.5. The van der Waals surface area contributed by atoms with E-state index in [1.807, 2.05) is 0 Å². The van der Waals surface area contributed by atoms with Crippen LogP contribution in [0.15, 0.2) is 30.9 Å². The molecule has 0 saturated heterocycles. The molecule has 0 fully saturated rings. The Morgan fingerprint density at radius 1 is 1.43 bits per heavy atom. The van der Waals surface area contributed by atoms with Crippen molar-refractivity contribution in [2.75, 3.05) is 31.8 Å². The van der Waals surface area contributed by atoms with E-state index in [1.165, 1.54) is 31.4 Å². The van der Waals surface area contributed by atoms with Crippen molar-refractivity contribution in [3.63, 3.8) is 0 Å². The summed E-state index contributed by atoms with van der Waals surface area (Å²) in [5, 5.41) is 2.68. The highest BCUT2D eigenvalue weighted by Gasteiger charge is 2.19. The number of methoxy groups -OCH3 is 1. The van der Waals surface area contributed by atoms with Crippen LogP contribution >= 0.6 is 11.6 Å². The molecule has 0 bridgehead atoms. The van der Waals surface area contributed by atoms with Crippen molar-refractivity contribution in [1.82, 2.24) is 4.31 Å². The molecule has 23 heavy (non-hydrogen) atoms. The molecule has 9 heteroatoms. The fourth-order valence-electron chi connectivity index (χ4n) is 1.68. The third-order valence-electron chi connectivity index (χ3n) is 2.78. The van der Waals surface area contributed by atoms with Crippen LogP contribution in [0, 0.1) is 0 Å². The van der Waals surface area contributed by atoms with Crippen LogP contribution in [-0.4, -0.2) is 51.1 Å². The highest BCUT2D eigenvalue weighted by atomic mass is 35.5. The molecular weight excluding hydrogens is 344 g/mol. The molecule has 126 valence electrons. The van der Waals surface area contributed by atoms with Crippen molar-refractivity contribution in [1.29, 1.82) is 0 Å². The first-order chi connectivity index (χ1) is 10.7. The molecule has 0 radical (unpaired) electrons. The lowest BCUT2D eigenvalue weighted by molar-refractivity contribution is -0.116. The Hall–Kier alpha value is -1.90. The normalized spacial score (nSPS) is 11.1. The van der Waals surface area contributed by atoms with E-state index in [2.05, 4.69) is 16.6 Å². The quantitative estimate of drug-likeness (QED) is 0.587. The molecule has 1 amide bonds. The number of anilines is 1. The van der Waals surface area contributed by atoms with Gasteiger partial charge in [0.1, 0.15) is 0 Å².